The predicted octanol–water partition coefficient (Wildman–Crippen LogP) is 3.21. The van der Waals surface area contributed by atoms with E-state index in [0.717, 1.165) is 0 Å². The summed E-state index contributed by atoms with van der Waals surface area (Å²) in [6.45, 7) is 0. The molecule has 80 valence electrons. The van der Waals surface area contributed by atoms with Crippen molar-refractivity contribution in [1.82, 2.24) is 4.98 Å². The number of aromatic nitrogens is 1. The van der Waals surface area contributed by atoms with Gasteiger partial charge in [0, 0.05) is 28.0 Å². The molecule has 2 rings (SSSR count). The molecular weight excluding hydrogens is 273 g/mol. The minimum atomic E-state index is -0.380. The van der Waals surface area contributed by atoms with Crippen molar-refractivity contribution in [2.75, 3.05) is 0 Å². The molecule has 0 radical (unpaired) electrons. The maximum Gasteiger partial charge on any atom is 0.195 e. The summed E-state index contributed by atoms with van der Waals surface area (Å²) in [5, 5.41) is 0. The van der Waals surface area contributed by atoms with Crippen LogP contribution in [0.2, 0.25) is 0 Å². The molecule has 0 saturated heterocycles. The van der Waals surface area contributed by atoms with Crippen LogP contribution in [0.15, 0.2) is 47.2 Å². The van der Waals surface area contributed by atoms with E-state index in [1.54, 1.807) is 18.3 Å². The number of hydrogen-bond acceptors (Lipinski definition) is 2. The van der Waals surface area contributed by atoms with Gasteiger partial charge in [-0.1, -0.05) is 0 Å². The highest BCUT2D eigenvalue weighted by Crippen LogP contribution is 2.20. The molecule has 0 aliphatic rings. The van der Waals surface area contributed by atoms with Crippen LogP contribution in [0.4, 0.5) is 4.39 Å². The molecule has 0 unspecified atom stereocenters. The summed E-state index contributed by atoms with van der Waals surface area (Å²) >= 11 is 3.16. The monoisotopic (exact) mass is 279 g/mol. The highest BCUT2D eigenvalue weighted by molar-refractivity contribution is 9.10. The number of ketones is 1. The molecule has 1 aromatic carbocycles. The molecule has 0 N–H and O–H groups in total. The Bertz CT molecular complexity index is 528. The van der Waals surface area contributed by atoms with E-state index < -0.39 is 0 Å². The lowest BCUT2D eigenvalue weighted by molar-refractivity contribution is 0.103. The summed E-state index contributed by atoms with van der Waals surface area (Å²) in [6.07, 6.45) is 3.08. The van der Waals surface area contributed by atoms with E-state index in [1.165, 1.54) is 24.4 Å². The number of carbonyl (C=O) groups is 1. The third-order valence-corrected chi connectivity index (χ3v) is 2.76. The first-order valence-corrected chi connectivity index (χ1v) is 5.37. The molecule has 0 saturated carbocycles. The van der Waals surface area contributed by atoms with Gasteiger partial charge in [0.1, 0.15) is 5.82 Å². The lowest BCUT2D eigenvalue weighted by atomic mass is 10.1. The van der Waals surface area contributed by atoms with Crippen molar-refractivity contribution >= 4 is 21.7 Å². The quantitative estimate of drug-likeness (QED) is 0.790. The third-order valence-electron chi connectivity index (χ3n) is 2.10. The van der Waals surface area contributed by atoms with Gasteiger partial charge in [-0.2, -0.15) is 0 Å². The van der Waals surface area contributed by atoms with E-state index in [4.69, 9.17) is 0 Å². The van der Waals surface area contributed by atoms with Crippen molar-refractivity contribution < 1.29 is 9.18 Å². The van der Waals surface area contributed by atoms with E-state index in [0.29, 0.717) is 15.6 Å². The first-order chi connectivity index (χ1) is 7.68. The lowest BCUT2D eigenvalue weighted by Gasteiger charge is -2.03. The van der Waals surface area contributed by atoms with Crippen molar-refractivity contribution in [3.8, 4) is 0 Å². The van der Waals surface area contributed by atoms with Crippen LogP contribution in [0.25, 0.3) is 0 Å². The Morgan fingerprint density at radius 3 is 2.75 bits per heavy atom. The van der Waals surface area contributed by atoms with Crippen LogP contribution in [0.3, 0.4) is 0 Å². The average molecular weight is 280 g/mol. The molecule has 0 spiro atoms. The number of hydrogen-bond donors (Lipinski definition) is 0. The van der Waals surface area contributed by atoms with E-state index in [2.05, 4.69) is 20.9 Å². The normalized spacial score (nSPS) is 10.1. The van der Waals surface area contributed by atoms with Crippen molar-refractivity contribution in [2.24, 2.45) is 0 Å². The summed E-state index contributed by atoms with van der Waals surface area (Å²) < 4.78 is 13.3. The molecular formula is C12H7BrFNO. The number of pyridine rings is 1. The summed E-state index contributed by atoms with van der Waals surface area (Å²) in [6, 6.07) is 7.34. The molecule has 1 heterocycles. The Labute approximate surface area is 100 Å². The largest absolute Gasteiger partial charge is 0.289 e. The first-order valence-electron chi connectivity index (χ1n) is 4.58. The predicted molar refractivity (Wildman–Crippen MR) is 61.8 cm³/mol. The van der Waals surface area contributed by atoms with Gasteiger partial charge in [-0.15, -0.1) is 0 Å². The van der Waals surface area contributed by atoms with Crippen LogP contribution in [0.1, 0.15) is 15.9 Å². The Hall–Kier alpha value is -1.55. The average Bonchev–Trinajstić information content (AvgIpc) is 2.29. The second-order valence-electron chi connectivity index (χ2n) is 3.19. The summed E-state index contributed by atoms with van der Waals surface area (Å²) in [4.78, 5) is 15.9. The molecule has 4 heteroatoms. The molecule has 0 aliphatic heterocycles. The van der Waals surface area contributed by atoms with Crippen molar-refractivity contribution in [2.45, 2.75) is 0 Å². The van der Waals surface area contributed by atoms with E-state index in [1.807, 2.05) is 0 Å². The number of carbonyl (C=O) groups excluding carboxylic acids is 1. The summed E-state index contributed by atoms with van der Waals surface area (Å²) in [7, 11) is 0. The number of rotatable bonds is 2. The van der Waals surface area contributed by atoms with Gasteiger partial charge in [-0.3, -0.25) is 9.78 Å². The summed E-state index contributed by atoms with van der Waals surface area (Å²) in [5.74, 6) is -0.561. The summed E-state index contributed by atoms with van der Waals surface area (Å²) in [5.41, 5.74) is 0.907. The Kier molecular flexibility index (Phi) is 3.10. The van der Waals surface area contributed by atoms with Crippen LogP contribution in [-0.2, 0) is 0 Å². The molecule has 1 aromatic heterocycles. The van der Waals surface area contributed by atoms with Crippen LogP contribution < -0.4 is 0 Å². The van der Waals surface area contributed by atoms with Gasteiger partial charge in [-0.25, -0.2) is 4.39 Å². The number of benzene rings is 1. The van der Waals surface area contributed by atoms with Gasteiger partial charge in [0.05, 0.1) is 0 Å². The van der Waals surface area contributed by atoms with Gasteiger partial charge >= 0.3 is 0 Å². The maximum atomic E-state index is 12.9. The van der Waals surface area contributed by atoms with Crippen molar-refractivity contribution in [3.63, 3.8) is 0 Å². The molecule has 0 fully saturated rings. The molecule has 16 heavy (non-hydrogen) atoms. The molecule has 0 amide bonds. The Morgan fingerprint density at radius 1 is 1.31 bits per heavy atom. The highest BCUT2D eigenvalue weighted by Gasteiger charge is 2.12. The van der Waals surface area contributed by atoms with E-state index in [-0.39, 0.29) is 11.6 Å². The second kappa shape index (κ2) is 4.53. The smallest absolute Gasteiger partial charge is 0.195 e. The molecule has 2 aromatic rings. The van der Waals surface area contributed by atoms with E-state index >= 15 is 0 Å². The van der Waals surface area contributed by atoms with E-state index in [9.17, 15) is 9.18 Å². The van der Waals surface area contributed by atoms with Crippen LogP contribution in [0, 0.1) is 5.82 Å². The van der Waals surface area contributed by atoms with Crippen molar-refractivity contribution in [3.05, 3.63) is 64.1 Å². The van der Waals surface area contributed by atoms with Crippen LogP contribution in [-0.4, -0.2) is 10.8 Å². The minimum Gasteiger partial charge on any atom is -0.289 e. The highest BCUT2D eigenvalue weighted by atomic mass is 79.9. The van der Waals surface area contributed by atoms with Crippen LogP contribution >= 0.6 is 15.9 Å². The minimum absolute atomic E-state index is 0.181. The Morgan fingerprint density at radius 2 is 2.12 bits per heavy atom. The Balaban J connectivity index is 2.42. The molecule has 0 aliphatic carbocycles. The molecule has 2 nitrogen and oxygen atoms in total. The lowest BCUT2D eigenvalue weighted by Crippen LogP contribution is -2.02. The van der Waals surface area contributed by atoms with Gasteiger partial charge < -0.3 is 0 Å². The molecule has 0 atom stereocenters. The number of nitrogens with zero attached hydrogens (tertiary/aromatic N) is 1. The maximum absolute atomic E-state index is 12.9. The third kappa shape index (κ3) is 2.17. The molecule has 0 bridgehead atoms. The topological polar surface area (TPSA) is 30.0 Å². The second-order valence-corrected chi connectivity index (χ2v) is 4.05. The zero-order valence-electron chi connectivity index (χ0n) is 8.15. The van der Waals surface area contributed by atoms with Gasteiger partial charge in [-0.05, 0) is 46.3 Å². The number of halogens is 2. The zero-order chi connectivity index (χ0) is 11.5. The zero-order valence-corrected chi connectivity index (χ0v) is 9.74. The van der Waals surface area contributed by atoms with Crippen LogP contribution in [0.5, 0.6) is 0 Å². The fourth-order valence-corrected chi connectivity index (χ4v) is 1.86. The van der Waals surface area contributed by atoms with Gasteiger partial charge in [0.2, 0.25) is 0 Å². The fraction of sp³-hybridized carbons (Fsp3) is 0. The first kappa shape index (κ1) is 11.0. The SMILES string of the molecule is O=C(c1cccnc1)c1ccc(F)cc1Br. The van der Waals surface area contributed by atoms with Gasteiger partial charge in [0.25, 0.3) is 0 Å². The van der Waals surface area contributed by atoms with Gasteiger partial charge in [0.15, 0.2) is 5.78 Å². The fourth-order valence-electron chi connectivity index (χ4n) is 1.33. The van der Waals surface area contributed by atoms with Crippen molar-refractivity contribution in [1.29, 1.82) is 0 Å². The standard InChI is InChI=1S/C12H7BrFNO/c13-11-6-9(14)3-4-10(11)12(16)8-2-1-5-15-7-8/h1-7H.